The Hall–Kier alpha value is -1.47. The van der Waals surface area contributed by atoms with Gasteiger partial charge in [0, 0.05) is 6.04 Å². The summed E-state index contributed by atoms with van der Waals surface area (Å²) in [6, 6.07) is 1.58. The number of carboxylic acid groups (broad SMARTS) is 1. The summed E-state index contributed by atoms with van der Waals surface area (Å²) in [5.41, 5.74) is 0.584. The minimum atomic E-state index is -3.88. The summed E-state index contributed by atoms with van der Waals surface area (Å²) in [6.07, 6.45) is 0.0554. The van der Waals surface area contributed by atoms with E-state index in [1.165, 1.54) is 13.8 Å². The molecule has 0 aliphatic rings. The van der Waals surface area contributed by atoms with E-state index in [4.69, 9.17) is 5.11 Å². The minimum Gasteiger partial charge on any atom is -0.481 e. The molecule has 0 aliphatic heterocycles. The van der Waals surface area contributed by atoms with Crippen LogP contribution in [0.1, 0.15) is 30.9 Å². The summed E-state index contributed by atoms with van der Waals surface area (Å²) in [6.45, 7) is 4.70. The quantitative estimate of drug-likeness (QED) is 0.841. The van der Waals surface area contributed by atoms with Gasteiger partial charge < -0.3 is 5.11 Å². The van der Waals surface area contributed by atoms with Crippen molar-refractivity contribution in [2.75, 3.05) is 0 Å². The highest BCUT2D eigenvalue weighted by atomic mass is 32.2. The molecule has 1 aromatic rings. The third kappa shape index (κ3) is 4.01. The molecule has 0 amide bonds. The van der Waals surface area contributed by atoms with Gasteiger partial charge >= 0.3 is 5.97 Å². The van der Waals surface area contributed by atoms with E-state index in [0.717, 1.165) is 12.1 Å². The van der Waals surface area contributed by atoms with Crippen molar-refractivity contribution in [1.29, 1.82) is 0 Å². The Morgan fingerprint density at radius 1 is 1.35 bits per heavy atom. The van der Waals surface area contributed by atoms with Crippen molar-refractivity contribution >= 4 is 16.0 Å². The topological polar surface area (TPSA) is 83.5 Å². The second-order valence-electron chi connectivity index (χ2n) is 4.69. The summed E-state index contributed by atoms with van der Waals surface area (Å²) in [7, 11) is -3.88. The van der Waals surface area contributed by atoms with E-state index in [1.54, 1.807) is 6.92 Å². The lowest BCUT2D eigenvalue weighted by molar-refractivity contribution is -0.137. The van der Waals surface area contributed by atoms with Gasteiger partial charge in [-0.05, 0) is 43.5 Å². The van der Waals surface area contributed by atoms with Gasteiger partial charge in [0.25, 0.3) is 0 Å². The molecular formula is C13H18FNO4S. The molecule has 112 valence electrons. The van der Waals surface area contributed by atoms with Crippen LogP contribution < -0.4 is 4.72 Å². The predicted molar refractivity (Wildman–Crippen MR) is 72.5 cm³/mol. The number of benzene rings is 1. The van der Waals surface area contributed by atoms with Crippen LogP contribution in [0.5, 0.6) is 0 Å². The molecule has 0 fully saturated rings. The molecule has 0 aliphatic carbocycles. The molecule has 0 aromatic heterocycles. The maximum absolute atomic E-state index is 13.2. The van der Waals surface area contributed by atoms with E-state index in [0.29, 0.717) is 17.5 Å². The van der Waals surface area contributed by atoms with E-state index < -0.39 is 27.9 Å². The average Bonchev–Trinajstić information content (AvgIpc) is 2.24. The van der Waals surface area contributed by atoms with Crippen LogP contribution in [0.4, 0.5) is 4.39 Å². The lowest BCUT2D eigenvalue weighted by Crippen LogP contribution is -2.36. The molecule has 0 saturated carbocycles. The van der Waals surface area contributed by atoms with Gasteiger partial charge in [-0.25, -0.2) is 17.5 Å². The first-order valence-electron chi connectivity index (χ1n) is 6.18. The van der Waals surface area contributed by atoms with Gasteiger partial charge in [-0.1, -0.05) is 6.92 Å². The first-order valence-corrected chi connectivity index (χ1v) is 7.66. The number of nitrogens with one attached hydrogen (secondary N) is 1. The SMILES string of the molecule is CCC(CC(=O)O)NS(=O)(=O)c1c(C)cc(F)cc1C. The number of aliphatic carboxylic acids is 1. The van der Waals surface area contributed by atoms with Crippen molar-refractivity contribution < 1.29 is 22.7 Å². The number of carboxylic acids is 1. The van der Waals surface area contributed by atoms with Gasteiger partial charge in [-0.2, -0.15) is 0 Å². The molecule has 0 heterocycles. The summed E-state index contributed by atoms with van der Waals surface area (Å²) in [4.78, 5) is 10.7. The van der Waals surface area contributed by atoms with Crippen LogP contribution in [0.2, 0.25) is 0 Å². The Bertz CT molecular complexity index is 590. The fourth-order valence-corrected chi connectivity index (χ4v) is 3.85. The summed E-state index contributed by atoms with van der Waals surface area (Å²) in [5, 5.41) is 8.74. The first kappa shape index (κ1) is 16.6. The van der Waals surface area contributed by atoms with Crippen LogP contribution in [-0.2, 0) is 14.8 Å². The summed E-state index contributed by atoms with van der Waals surface area (Å²) in [5.74, 6) is -1.58. The maximum atomic E-state index is 13.2. The van der Waals surface area contributed by atoms with E-state index in [2.05, 4.69) is 4.72 Å². The van der Waals surface area contributed by atoms with Crippen LogP contribution in [0.3, 0.4) is 0 Å². The Kier molecular flexibility index (Phi) is 5.24. The van der Waals surface area contributed by atoms with Gasteiger partial charge in [-0.3, -0.25) is 4.79 Å². The number of hydrogen-bond acceptors (Lipinski definition) is 3. The van der Waals surface area contributed by atoms with Crippen molar-refractivity contribution in [3.05, 3.63) is 29.1 Å². The van der Waals surface area contributed by atoms with Gasteiger partial charge in [-0.15, -0.1) is 0 Å². The van der Waals surface area contributed by atoms with Gasteiger partial charge in [0.2, 0.25) is 10.0 Å². The largest absolute Gasteiger partial charge is 0.481 e. The molecule has 0 radical (unpaired) electrons. The van der Waals surface area contributed by atoms with Crippen LogP contribution in [0.15, 0.2) is 17.0 Å². The molecule has 1 unspecified atom stereocenters. The third-order valence-corrected chi connectivity index (χ3v) is 4.75. The molecule has 2 N–H and O–H groups in total. The van der Waals surface area contributed by atoms with E-state index >= 15 is 0 Å². The number of sulfonamides is 1. The molecule has 20 heavy (non-hydrogen) atoms. The molecular weight excluding hydrogens is 285 g/mol. The Balaban J connectivity index is 3.14. The van der Waals surface area contributed by atoms with Crippen LogP contribution in [0.25, 0.3) is 0 Å². The van der Waals surface area contributed by atoms with Crippen molar-refractivity contribution in [2.45, 2.75) is 44.6 Å². The minimum absolute atomic E-state index is 0.00254. The Labute approximate surface area is 117 Å². The van der Waals surface area contributed by atoms with E-state index in [-0.39, 0.29) is 11.3 Å². The average molecular weight is 303 g/mol. The highest BCUT2D eigenvalue weighted by Gasteiger charge is 2.24. The number of carbonyl (C=O) groups is 1. The van der Waals surface area contributed by atoms with E-state index in [1.807, 2.05) is 0 Å². The summed E-state index contributed by atoms with van der Waals surface area (Å²) < 4.78 is 40.2. The second-order valence-corrected chi connectivity index (χ2v) is 6.34. The van der Waals surface area contributed by atoms with Gasteiger partial charge in [0.15, 0.2) is 0 Å². The van der Waals surface area contributed by atoms with Gasteiger partial charge in [0.1, 0.15) is 5.82 Å². The van der Waals surface area contributed by atoms with Crippen LogP contribution in [-0.4, -0.2) is 25.5 Å². The molecule has 1 aromatic carbocycles. The zero-order valence-corrected chi connectivity index (χ0v) is 12.4. The number of hydrogen-bond donors (Lipinski definition) is 2. The highest BCUT2D eigenvalue weighted by molar-refractivity contribution is 7.89. The third-order valence-electron chi connectivity index (χ3n) is 2.93. The molecule has 5 nitrogen and oxygen atoms in total. The fraction of sp³-hybridized carbons (Fsp3) is 0.462. The van der Waals surface area contributed by atoms with Crippen LogP contribution in [0, 0.1) is 19.7 Å². The zero-order chi connectivity index (χ0) is 15.5. The normalized spacial score (nSPS) is 13.2. The molecule has 0 bridgehead atoms. The number of halogens is 1. The summed E-state index contributed by atoms with van der Waals surface area (Å²) >= 11 is 0. The first-order chi connectivity index (χ1) is 9.17. The predicted octanol–water partition coefficient (Wildman–Crippen LogP) is 1.97. The van der Waals surface area contributed by atoms with E-state index in [9.17, 15) is 17.6 Å². The van der Waals surface area contributed by atoms with Crippen molar-refractivity contribution in [2.24, 2.45) is 0 Å². The van der Waals surface area contributed by atoms with Gasteiger partial charge in [0.05, 0.1) is 11.3 Å². The second kappa shape index (κ2) is 6.32. The van der Waals surface area contributed by atoms with Crippen LogP contribution >= 0.6 is 0 Å². The maximum Gasteiger partial charge on any atom is 0.304 e. The number of rotatable bonds is 6. The number of aryl methyl sites for hydroxylation is 2. The lowest BCUT2D eigenvalue weighted by Gasteiger charge is -2.17. The lowest BCUT2D eigenvalue weighted by atomic mass is 10.1. The monoisotopic (exact) mass is 303 g/mol. The van der Waals surface area contributed by atoms with Crippen molar-refractivity contribution in [3.8, 4) is 0 Å². The smallest absolute Gasteiger partial charge is 0.304 e. The van der Waals surface area contributed by atoms with Crippen molar-refractivity contribution in [3.63, 3.8) is 0 Å². The molecule has 1 atom stereocenters. The fourth-order valence-electron chi connectivity index (χ4n) is 2.08. The Morgan fingerprint density at radius 3 is 2.25 bits per heavy atom. The standard InChI is InChI=1S/C13H18FNO4S/c1-4-11(7-12(16)17)15-20(18,19)13-8(2)5-10(14)6-9(13)3/h5-6,11,15H,4,7H2,1-3H3,(H,16,17). The molecule has 0 saturated heterocycles. The zero-order valence-electron chi connectivity index (χ0n) is 11.6. The molecule has 1 rings (SSSR count). The molecule has 7 heteroatoms. The molecule has 0 spiro atoms. The van der Waals surface area contributed by atoms with Crippen molar-refractivity contribution in [1.82, 2.24) is 4.72 Å². The highest BCUT2D eigenvalue weighted by Crippen LogP contribution is 2.22. The Morgan fingerprint density at radius 2 is 1.85 bits per heavy atom.